The van der Waals surface area contributed by atoms with Crippen LogP contribution in [0.3, 0.4) is 0 Å². The monoisotopic (exact) mass is 306 g/mol. The van der Waals surface area contributed by atoms with Crippen molar-refractivity contribution in [3.8, 4) is 5.75 Å². The molecule has 0 bridgehead atoms. The standard InChI is InChI=1S/C14H19N4O2P/c1-10-7-12(15)8-13(19)14(10)18(21(16,17)20)9-11-5-3-2-4-6-11/h2-8,19H,9,15H2,1H3,(H4,16,17,20). The number of phenolic OH excluding ortho intramolecular Hbond substituents is 1. The van der Waals surface area contributed by atoms with Crippen LogP contribution in [0.1, 0.15) is 11.1 Å². The average molecular weight is 306 g/mol. The van der Waals surface area contributed by atoms with Gasteiger partial charge < -0.3 is 10.8 Å². The molecular formula is C14H19N4O2P. The fraction of sp³-hybridized carbons (Fsp3) is 0.143. The van der Waals surface area contributed by atoms with Crippen molar-refractivity contribution < 1.29 is 9.67 Å². The van der Waals surface area contributed by atoms with Crippen LogP contribution >= 0.6 is 7.59 Å². The van der Waals surface area contributed by atoms with E-state index in [4.69, 9.17) is 16.7 Å². The van der Waals surface area contributed by atoms with Crippen molar-refractivity contribution in [1.29, 1.82) is 0 Å². The second-order valence-corrected chi connectivity index (χ2v) is 6.75. The van der Waals surface area contributed by atoms with Gasteiger partial charge in [0.05, 0.1) is 12.2 Å². The number of anilines is 2. The summed E-state index contributed by atoms with van der Waals surface area (Å²) in [5.41, 5.74) is 19.3. The molecule has 0 aliphatic rings. The average Bonchev–Trinajstić information content (AvgIpc) is 2.36. The highest BCUT2D eigenvalue weighted by molar-refractivity contribution is 7.60. The first-order valence-electron chi connectivity index (χ1n) is 6.37. The summed E-state index contributed by atoms with van der Waals surface area (Å²) >= 11 is 0. The first-order valence-corrected chi connectivity index (χ1v) is 8.17. The molecule has 21 heavy (non-hydrogen) atoms. The van der Waals surface area contributed by atoms with Gasteiger partial charge in [-0.25, -0.2) is 0 Å². The van der Waals surface area contributed by atoms with E-state index in [-0.39, 0.29) is 12.3 Å². The molecule has 112 valence electrons. The number of aryl methyl sites for hydroxylation is 1. The number of nitrogens with two attached hydrogens (primary N) is 3. The molecule has 0 saturated carbocycles. The van der Waals surface area contributed by atoms with Crippen molar-refractivity contribution in [2.24, 2.45) is 11.0 Å². The molecule has 7 N–H and O–H groups in total. The van der Waals surface area contributed by atoms with Crippen LogP contribution in [0.4, 0.5) is 11.4 Å². The van der Waals surface area contributed by atoms with E-state index in [9.17, 15) is 9.67 Å². The third-order valence-corrected chi connectivity index (χ3v) is 4.21. The molecule has 0 amide bonds. The highest BCUT2D eigenvalue weighted by Crippen LogP contribution is 2.45. The molecule has 7 heteroatoms. The highest BCUT2D eigenvalue weighted by atomic mass is 31.2. The van der Waals surface area contributed by atoms with Gasteiger partial charge in [-0.1, -0.05) is 30.3 Å². The Kier molecular flexibility index (Phi) is 4.23. The molecular weight excluding hydrogens is 287 g/mol. The molecule has 0 atom stereocenters. The van der Waals surface area contributed by atoms with Gasteiger partial charge in [-0.05, 0) is 24.1 Å². The zero-order chi connectivity index (χ0) is 15.6. The number of hydrogen-bond donors (Lipinski definition) is 4. The number of nitrogen functional groups attached to an aromatic ring is 1. The van der Waals surface area contributed by atoms with E-state index >= 15 is 0 Å². The molecule has 0 spiro atoms. The van der Waals surface area contributed by atoms with Crippen LogP contribution in [-0.2, 0) is 11.1 Å². The second kappa shape index (κ2) is 5.77. The highest BCUT2D eigenvalue weighted by Gasteiger charge is 2.26. The molecule has 2 rings (SSSR count). The summed E-state index contributed by atoms with van der Waals surface area (Å²) in [7, 11) is -3.60. The Hall–Kier alpha value is -2.01. The minimum Gasteiger partial charge on any atom is -0.506 e. The first kappa shape index (κ1) is 15.4. The molecule has 2 aromatic carbocycles. The maximum absolute atomic E-state index is 12.2. The molecule has 2 aromatic rings. The van der Waals surface area contributed by atoms with E-state index < -0.39 is 7.59 Å². The van der Waals surface area contributed by atoms with Gasteiger partial charge in [0.2, 0.25) is 0 Å². The van der Waals surface area contributed by atoms with E-state index in [2.05, 4.69) is 0 Å². The number of phenols is 1. The van der Waals surface area contributed by atoms with Crippen LogP contribution in [0, 0.1) is 6.92 Å². The van der Waals surface area contributed by atoms with E-state index in [1.165, 1.54) is 10.7 Å². The van der Waals surface area contributed by atoms with Crippen LogP contribution in [0.2, 0.25) is 0 Å². The Balaban J connectivity index is 2.50. The Morgan fingerprint density at radius 1 is 1.19 bits per heavy atom. The van der Waals surface area contributed by atoms with Gasteiger partial charge in [0.15, 0.2) is 0 Å². The Morgan fingerprint density at radius 2 is 1.81 bits per heavy atom. The van der Waals surface area contributed by atoms with Gasteiger partial charge in [-0.3, -0.25) is 20.2 Å². The van der Waals surface area contributed by atoms with Crippen molar-refractivity contribution in [2.45, 2.75) is 13.5 Å². The zero-order valence-electron chi connectivity index (χ0n) is 11.7. The summed E-state index contributed by atoms with van der Waals surface area (Å²) in [6.45, 7) is 1.97. The molecule has 0 unspecified atom stereocenters. The van der Waals surface area contributed by atoms with Gasteiger partial charge in [0.25, 0.3) is 0 Å². The predicted octanol–water partition coefficient (Wildman–Crippen LogP) is 2.31. The number of rotatable bonds is 4. The Morgan fingerprint density at radius 3 is 2.33 bits per heavy atom. The summed E-state index contributed by atoms with van der Waals surface area (Å²) in [4.78, 5) is 0. The lowest BCUT2D eigenvalue weighted by atomic mass is 10.1. The second-order valence-electron chi connectivity index (χ2n) is 4.92. The SMILES string of the molecule is Cc1cc(N)cc(O)c1N(Cc1ccccc1)P(N)(N)=O. The number of hydrogen-bond acceptors (Lipinski definition) is 3. The van der Waals surface area contributed by atoms with Gasteiger partial charge in [0, 0.05) is 11.8 Å². The summed E-state index contributed by atoms with van der Waals surface area (Å²) in [6, 6.07) is 12.4. The van der Waals surface area contributed by atoms with Crippen LogP contribution in [0.5, 0.6) is 5.75 Å². The number of nitrogens with zero attached hydrogens (tertiary/aromatic N) is 1. The van der Waals surface area contributed by atoms with Crippen molar-refractivity contribution in [3.63, 3.8) is 0 Å². The molecule has 0 radical (unpaired) electrons. The Bertz CT molecular complexity index is 662. The number of aromatic hydroxyl groups is 1. The van der Waals surface area contributed by atoms with Crippen molar-refractivity contribution in [3.05, 3.63) is 53.6 Å². The van der Waals surface area contributed by atoms with E-state index in [0.29, 0.717) is 16.9 Å². The van der Waals surface area contributed by atoms with Crippen molar-refractivity contribution in [1.82, 2.24) is 0 Å². The van der Waals surface area contributed by atoms with E-state index in [1.807, 2.05) is 30.3 Å². The third kappa shape index (κ3) is 3.55. The third-order valence-electron chi connectivity index (χ3n) is 3.11. The van der Waals surface area contributed by atoms with Crippen LogP contribution in [0.25, 0.3) is 0 Å². The summed E-state index contributed by atoms with van der Waals surface area (Å²) < 4.78 is 13.6. The van der Waals surface area contributed by atoms with Gasteiger partial charge in [-0.2, -0.15) is 0 Å². The maximum atomic E-state index is 12.2. The molecule has 0 fully saturated rings. The van der Waals surface area contributed by atoms with E-state index in [1.54, 1.807) is 13.0 Å². The van der Waals surface area contributed by atoms with Crippen LogP contribution < -0.4 is 21.4 Å². The van der Waals surface area contributed by atoms with Crippen molar-refractivity contribution in [2.75, 3.05) is 10.4 Å². The minimum absolute atomic E-state index is 0.0976. The molecule has 0 saturated heterocycles. The first-order chi connectivity index (χ1) is 9.79. The molecule has 6 nitrogen and oxygen atoms in total. The molecule has 0 heterocycles. The summed E-state index contributed by atoms with van der Waals surface area (Å²) in [6.07, 6.45) is 0. The lowest BCUT2D eigenvalue weighted by Gasteiger charge is -2.30. The topological polar surface area (TPSA) is 119 Å². The maximum Gasteiger partial charge on any atom is 0.301 e. The zero-order valence-corrected chi connectivity index (χ0v) is 12.6. The van der Waals surface area contributed by atoms with Gasteiger partial charge >= 0.3 is 7.59 Å². The quantitative estimate of drug-likeness (QED) is 0.508. The predicted molar refractivity (Wildman–Crippen MR) is 85.9 cm³/mol. The summed E-state index contributed by atoms with van der Waals surface area (Å²) in [5, 5.41) is 10.1. The minimum atomic E-state index is -3.60. The van der Waals surface area contributed by atoms with E-state index in [0.717, 1.165) is 5.56 Å². The number of benzene rings is 2. The smallest absolute Gasteiger partial charge is 0.301 e. The lowest BCUT2D eigenvalue weighted by Crippen LogP contribution is -2.29. The summed E-state index contributed by atoms with van der Waals surface area (Å²) in [5.74, 6) is -0.0976. The largest absolute Gasteiger partial charge is 0.506 e. The van der Waals surface area contributed by atoms with Gasteiger partial charge in [-0.15, -0.1) is 0 Å². The molecule has 0 aliphatic carbocycles. The van der Waals surface area contributed by atoms with Gasteiger partial charge in [0.1, 0.15) is 5.75 Å². The lowest BCUT2D eigenvalue weighted by molar-refractivity contribution is 0.475. The fourth-order valence-electron chi connectivity index (χ4n) is 2.23. The van der Waals surface area contributed by atoms with Crippen LogP contribution in [-0.4, -0.2) is 5.11 Å². The van der Waals surface area contributed by atoms with Crippen molar-refractivity contribution >= 4 is 19.0 Å². The Labute approximate surface area is 123 Å². The molecule has 0 aromatic heterocycles. The van der Waals surface area contributed by atoms with Crippen LogP contribution in [0.15, 0.2) is 42.5 Å². The normalized spacial score (nSPS) is 11.4. The fourth-order valence-corrected chi connectivity index (χ4v) is 3.18. The molecule has 0 aliphatic heterocycles.